The van der Waals surface area contributed by atoms with E-state index >= 15 is 0 Å². The van der Waals surface area contributed by atoms with E-state index in [9.17, 15) is 14.7 Å². The van der Waals surface area contributed by atoms with E-state index in [4.69, 9.17) is 9.47 Å². The van der Waals surface area contributed by atoms with Crippen LogP contribution in [0.1, 0.15) is 35.2 Å². The van der Waals surface area contributed by atoms with E-state index in [1.54, 1.807) is 35.2 Å². The van der Waals surface area contributed by atoms with Crippen LogP contribution in [0.4, 0.5) is 4.79 Å². The Morgan fingerprint density at radius 3 is 2.56 bits per heavy atom. The summed E-state index contributed by atoms with van der Waals surface area (Å²) in [6.45, 7) is 1.09. The van der Waals surface area contributed by atoms with Crippen LogP contribution in [-0.2, 0) is 11.3 Å². The Labute approximate surface area is 145 Å². The largest absolute Gasteiger partial charge is 0.496 e. The first-order chi connectivity index (χ1) is 12.1. The van der Waals surface area contributed by atoms with Gasteiger partial charge in [0.05, 0.1) is 19.3 Å². The SMILES string of the molecule is COc1ccc2cc(C(=O)OC(=O)N3CCCCC3)ccc2c1CO. The number of benzene rings is 2. The smallest absolute Gasteiger partial charge is 0.417 e. The Bertz CT molecular complexity index is 796. The van der Waals surface area contributed by atoms with Gasteiger partial charge in [-0.3, -0.25) is 0 Å². The molecule has 0 unspecified atom stereocenters. The molecule has 2 aromatic carbocycles. The molecular formula is C19H21NO5. The summed E-state index contributed by atoms with van der Waals surface area (Å²) in [6, 6.07) is 8.51. The number of carbonyl (C=O) groups is 2. The predicted octanol–water partition coefficient (Wildman–Crippen LogP) is 3.10. The van der Waals surface area contributed by atoms with Crippen molar-refractivity contribution in [3.63, 3.8) is 0 Å². The Hall–Kier alpha value is -2.60. The summed E-state index contributed by atoms with van der Waals surface area (Å²) in [5.74, 6) is -0.0792. The second kappa shape index (κ2) is 7.53. The van der Waals surface area contributed by atoms with Gasteiger partial charge in [0.15, 0.2) is 0 Å². The third-order valence-corrected chi connectivity index (χ3v) is 4.50. The number of fused-ring (bicyclic) bond motifs is 1. The minimum Gasteiger partial charge on any atom is -0.496 e. The van der Waals surface area contributed by atoms with E-state index in [0.717, 1.165) is 30.0 Å². The average Bonchev–Trinajstić information content (AvgIpc) is 2.67. The molecule has 132 valence electrons. The minimum absolute atomic E-state index is 0.169. The van der Waals surface area contributed by atoms with Crippen LogP contribution in [0.25, 0.3) is 10.8 Å². The number of nitrogens with zero attached hydrogens (tertiary/aromatic N) is 1. The molecule has 1 saturated heterocycles. The van der Waals surface area contributed by atoms with Gasteiger partial charge in [-0.2, -0.15) is 0 Å². The Morgan fingerprint density at radius 2 is 1.88 bits per heavy atom. The van der Waals surface area contributed by atoms with Gasteiger partial charge in [-0.25, -0.2) is 9.59 Å². The summed E-state index contributed by atoms with van der Waals surface area (Å²) in [5, 5.41) is 11.1. The fourth-order valence-corrected chi connectivity index (χ4v) is 3.13. The average molecular weight is 343 g/mol. The number of likely N-dealkylation sites (tertiary alicyclic amines) is 1. The topological polar surface area (TPSA) is 76.1 Å². The van der Waals surface area contributed by atoms with Gasteiger partial charge >= 0.3 is 12.1 Å². The molecule has 1 amide bonds. The quantitative estimate of drug-likeness (QED) is 0.684. The highest BCUT2D eigenvalue weighted by atomic mass is 16.6. The second-order valence-electron chi connectivity index (χ2n) is 6.04. The molecule has 6 heteroatoms. The molecule has 0 spiro atoms. The lowest BCUT2D eigenvalue weighted by Crippen LogP contribution is -2.37. The number of ether oxygens (including phenoxy) is 2. The van der Waals surface area contributed by atoms with Crippen LogP contribution in [-0.4, -0.2) is 42.3 Å². The van der Waals surface area contributed by atoms with Crippen LogP contribution in [0.2, 0.25) is 0 Å². The number of esters is 1. The minimum atomic E-state index is -0.668. The molecule has 6 nitrogen and oxygen atoms in total. The highest BCUT2D eigenvalue weighted by molar-refractivity contribution is 6.00. The maximum absolute atomic E-state index is 12.3. The molecule has 0 aliphatic carbocycles. The zero-order valence-corrected chi connectivity index (χ0v) is 14.2. The first-order valence-corrected chi connectivity index (χ1v) is 8.35. The fourth-order valence-electron chi connectivity index (χ4n) is 3.13. The van der Waals surface area contributed by atoms with Crippen molar-refractivity contribution in [3.05, 3.63) is 41.5 Å². The Morgan fingerprint density at radius 1 is 1.12 bits per heavy atom. The van der Waals surface area contributed by atoms with Gasteiger partial charge in [0.2, 0.25) is 0 Å². The van der Waals surface area contributed by atoms with Gasteiger partial charge in [0.1, 0.15) is 5.75 Å². The van der Waals surface area contributed by atoms with Crippen molar-refractivity contribution in [3.8, 4) is 5.75 Å². The molecule has 0 radical (unpaired) electrons. The maximum Gasteiger partial charge on any atom is 0.417 e. The normalized spacial score (nSPS) is 14.4. The number of hydrogen-bond donors (Lipinski definition) is 1. The van der Waals surface area contributed by atoms with Crippen molar-refractivity contribution >= 4 is 22.8 Å². The van der Waals surface area contributed by atoms with Gasteiger partial charge in [0, 0.05) is 18.7 Å². The van der Waals surface area contributed by atoms with Gasteiger partial charge in [-0.15, -0.1) is 0 Å². The van der Waals surface area contributed by atoms with E-state index in [0.29, 0.717) is 30.0 Å². The maximum atomic E-state index is 12.3. The predicted molar refractivity (Wildman–Crippen MR) is 92.7 cm³/mol. The lowest BCUT2D eigenvalue weighted by Gasteiger charge is -2.25. The van der Waals surface area contributed by atoms with Crippen molar-refractivity contribution in [1.29, 1.82) is 0 Å². The monoisotopic (exact) mass is 343 g/mol. The van der Waals surface area contributed by atoms with Crippen LogP contribution in [0, 0.1) is 0 Å². The number of amides is 1. The number of methoxy groups -OCH3 is 1. The number of aliphatic hydroxyl groups is 1. The molecule has 25 heavy (non-hydrogen) atoms. The first-order valence-electron chi connectivity index (χ1n) is 8.35. The molecule has 2 aromatic rings. The highest BCUT2D eigenvalue weighted by Gasteiger charge is 2.21. The van der Waals surface area contributed by atoms with Crippen LogP contribution >= 0.6 is 0 Å². The van der Waals surface area contributed by atoms with E-state index in [2.05, 4.69) is 0 Å². The lowest BCUT2D eigenvalue weighted by molar-refractivity contribution is 0.0527. The molecule has 1 aliphatic heterocycles. The summed E-state index contributed by atoms with van der Waals surface area (Å²) in [7, 11) is 1.54. The van der Waals surface area contributed by atoms with Crippen LogP contribution < -0.4 is 4.74 Å². The molecular weight excluding hydrogens is 322 g/mol. The molecule has 3 rings (SSSR count). The van der Waals surface area contributed by atoms with Crippen molar-refractivity contribution in [2.75, 3.05) is 20.2 Å². The van der Waals surface area contributed by atoms with Crippen LogP contribution in [0.3, 0.4) is 0 Å². The number of carbonyl (C=O) groups excluding carboxylic acids is 2. The van der Waals surface area contributed by atoms with E-state index in [1.165, 1.54) is 7.11 Å². The van der Waals surface area contributed by atoms with Crippen LogP contribution in [0.5, 0.6) is 5.75 Å². The number of hydrogen-bond acceptors (Lipinski definition) is 5. The van der Waals surface area contributed by atoms with Gasteiger partial charge in [-0.05, 0) is 48.2 Å². The Kier molecular flexibility index (Phi) is 5.19. The van der Waals surface area contributed by atoms with E-state index in [1.807, 2.05) is 0 Å². The van der Waals surface area contributed by atoms with Crippen LogP contribution in [0.15, 0.2) is 30.3 Å². The molecule has 0 atom stereocenters. The summed E-state index contributed by atoms with van der Waals surface area (Å²) < 4.78 is 10.2. The van der Waals surface area contributed by atoms with E-state index < -0.39 is 12.1 Å². The van der Waals surface area contributed by atoms with Crippen molar-refractivity contribution in [1.82, 2.24) is 4.90 Å². The lowest BCUT2D eigenvalue weighted by atomic mass is 10.0. The molecule has 1 N–H and O–H groups in total. The number of piperidine rings is 1. The standard InChI is InChI=1S/C19H21NO5/c1-24-17-8-6-13-11-14(5-7-15(13)16(17)12-21)18(22)25-19(23)20-9-3-2-4-10-20/h5-8,11,21H,2-4,9-10,12H2,1H3. The molecule has 0 bridgehead atoms. The molecule has 1 fully saturated rings. The molecule has 1 heterocycles. The van der Waals surface area contributed by atoms with E-state index in [-0.39, 0.29) is 6.61 Å². The third-order valence-electron chi connectivity index (χ3n) is 4.50. The summed E-state index contributed by atoms with van der Waals surface area (Å²) in [5.41, 5.74) is 0.955. The van der Waals surface area contributed by atoms with Crippen molar-refractivity contribution < 1.29 is 24.2 Å². The second-order valence-corrected chi connectivity index (χ2v) is 6.04. The summed E-state index contributed by atoms with van der Waals surface area (Å²) in [6.07, 6.45) is 2.38. The zero-order valence-electron chi connectivity index (χ0n) is 14.2. The number of aliphatic hydroxyl groups excluding tert-OH is 1. The summed E-state index contributed by atoms with van der Waals surface area (Å²) in [4.78, 5) is 25.9. The zero-order chi connectivity index (χ0) is 17.8. The van der Waals surface area contributed by atoms with Gasteiger partial charge < -0.3 is 19.5 Å². The Balaban J connectivity index is 1.81. The van der Waals surface area contributed by atoms with Crippen molar-refractivity contribution in [2.24, 2.45) is 0 Å². The van der Waals surface area contributed by atoms with Crippen molar-refractivity contribution in [2.45, 2.75) is 25.9 Å². The van der Waals surface area contributed by atoms with Gasteiger partial charge in [0.25, 0.3) is 0 Å². The fraction of sp³-hybridized carbons (Fsp3) is 0.368. The summed E-state index contributed by atoms with van der Waals surface area (Å²) >= 11 is 0. The third kappa shape index (κ3) is 3.58. The molecule has 1 aliphatic rings. The highest BCUT2D eigenvalue weighted by Crippen LogP contribution is 2.29. The molecule has 0 saturated carbocycles. The number of rotatable bonds is 3. The van der Waals surface area contributed by atoms with Gasteiger partial charge in [-0.1, -0.05) is 12.1 Å². The molecule has 0 aromatic heterocycles. The first kappa shape index (κ1) is 17.2.